The van der Waals surface area contributed by atoms with Gasteiger partial charge in [0.05, 0.1) is 5.69 Å². The first-order chi connectivity index (χ1) is 5.18. The molecule has 11 heavy (non-hydrogen) atoms. The second kappa shape index (κ2) is 3.53. The number of rotatable bonds is 3. The van der Waals surface area contributed by atoms with Gasteiger partial charge in [-0.3, -0.25) is 4.68 Å². The van der Waals surface area contributed by atoms with Gasteiger partial charge in [0, 0.05) is 19.3 Å². The topological polar surface area (TPSA) is 43.8 Å². The van der Waals surface area contributed by atoms with Crippen molar-refractivity contribution in [2.45, 2.75) is 25.8 Å². The zero-order valence-electron chi connectivity index (χ0n) is 7.12. The normalized spacial score (nSPS) is 13.4. The van der Waals surface area contributed by atoms with Crippen molar-refractivity contribution in [3.8, 4) is 0 Å². The Kier molecular flexibility index (Phi) is 2.65. The van der Waals surface area contributed by atoms with Crippen LogP contribution >= 0.6 is 0 Å². The molecule has 1 atom stereocenters. The molecule has 1 aromatic heterocycles. The maximum absolute atomic E-state index is 5.61. The van der Waals surface area contributed by atoms with Crippen LogP contribution in [0.1, 0.15) is 19.0 Å². The standard InChI is InChI=1S/C8H15N3/c1-7(9)3-4-8-5-6-11(2)10-8/h5-7H,3-4,9H2,1-2H3/t7-/m1/s1. The molecule has 1 heterocycles. The van der Waals surface area contributed by atoms with Gasteiger partial charge >= 0.3 is 0 Å². The fourth-order valence-corrected chi connectivity index (χ4v) is 0.972. The highest BCUT2D eigenvalue weighted by Crippen LogP contribution is 2.00. The van der Waals surface area contributed by atoms with Crippen molar-refractivity contribution in [3.63, 3.8) is 0 Å². The van der Waals surface area contributed by atoms with Crippen LogP contribution in [0.5, 0.6) is 0 Å². The average molecular weight is 153 g/mol. The Hall–Kier alpha value is -0.830. The van der Waals surface area contributed by atoms with Gasteiger partial charge in [0.1, 0.15) is 0 Å². The quantitative estimate of drug-likeness (QED) is 0.694. The number of aryl methyl sites for hydroxylation is 2. The van der Waals surface area contributed by atoms with Crippen LogP contribution in [-0.4, -0.2) is 15.8 Å². The highest BCUT2D eigenvalue weighted by Gasteiger charge is 1.98. The SMILES string of the molecule is C[C@@H](N)CCc1ccn(C)n1. The van der Waals surface area contributed by atoms with Gasteiger partial charge in [-0.05, 0) is 25.8 Å². The zero-order chi connectivity index (χ0) is 8.27. The summed E-state index contributed by atoms with van der Waals surface area (Å²) in [5.41, 5.74) is 6.74. The van der Waals surface area contributed by atoms with Gasteiger partial charge in [0.15, 0.2) is 0 Å². The number of aromatic nitrogens is 2. The van der Waals surface area contributed by atoms with Crippen LogP contribution < -0.4 is 5.73 Å². The third kappa shape index (κ3) is 2.72. The molecule has 0 aliphatic heterocycles. The van der Waals surface area contributed by atoms with E-state index in [1.54, 1.807) is 0 Å². The average Bonchev–Trinajstić information content (AvgIpc) is 2.31. The summed E-state index contributed by atoms with van der Waals surface area (Å²) in [5, 5.41) is 4.24. The molecule has 0 aliphatic carbocycles. The van der Waals surface area contributed by atoms with E-state index < -0.39 is 0 Å². The Morgan fingerprint density at radius 3 is 2.91 bits per heavy atom. The van der Waals surface area contributed by atoms with Gasteiger partial charge in [-0.15, -0.1) is 0 Å². The van der Waals surface area contributed by atoms with Crippen LogP contribution in [0, 0.1) is 0 Å². The molecule has 0 radical (unpaired) electrons. The third-order valence-electron chi connectivity index (χ3n) is 1.62. The summed E-state index contributed by atoms with van der Waals surface area (Å²) in [6.07, 6.45) is 3.95. The van der Waals surface area contributed by atoms with Crippen molar-refractivity contribution in [1.82, 2.24) is 9.78 Å². The minimum absolute atomic E-state index is 0.275. The van der Waals surface area contributed by atoms with E-state index in [1.807, 2.05) is 30.9 Å². The second-order valence-electron chi connectivity index (χ2n) is 3.00. The predicted molar refractivity (Wildman–Crippen MR) is 45.2 cm³/mol. The van der Waals surface area contributed by atoms with E-state index in [2.05, 4.69) is 5.10 Å². The molecule has 0 aliphatic rings. The summed E-state index contributed by atoms with van der Waals surface area (Å²) in [6.45, 7) is 2.02. The fourth-order valence-electron chi connectivity index (χ4n) is 0.972. The molecule has 1 rings (SSSR count). The molecule has 1 aromatic rings. The Balaban J connectivity index is 2.39. The molecule has 0 saturated carbocycles. The van der Waals surface area contributed by atoms with Crippen LogP contribution in [0.3, 0.4) is 0 Å². The number of hydrogen-bond acceptors (Lipinski definition) is 2. The molecule has 0 saturated heterocycles. The van der Waals surface area contributed by atoms with Crippen LogP contribution in [0.4, 0.5) is 0 Å². The first-order valence-corrected chi connectivity index (χ1v) is 3.92. The molecule has 0 aromatic carbocycles. The minimum atomic E-state index is 0.275. The maximum atomic E-state index is 5.61. The van der Waals surface area contributed by atoms with Gasteiger partial charge in [0.2, 0.25) is 0 Å². The lowest BCUT2D eigenvalue weighted by Crippen LogP contribution is -2.15. The van der Waals surface area contributed by atoms with Gasteiger partial charge in [-0.25, -0.2) is 0 Å². The highest BCUT2D eigenvalue weighted by molar-refractivity contribution is 4.98. The Morgan fingerprint density at radius 2 is 2.45 bits per heavy atom. The lowest BCUT2D eigenvalue weighted by molar-refractivity contribution is 0.645. The van der Waals surface area contributed by atoms with Crippen LogP contribution in [-0.2, 0) is 13.5 Å². The molecule has 0 bridgehead atoms. The molecule has 2 N–H and O–H groups in total. The predicted octanol–water partition coefficient (Wildman–Crippen LogP) is 0.700. The molecule has 3 heteroatoms. The molecular weight excluding hydrogens is 138 g/mol. The summed E-state index contributed by atoms with van der Waals surface area (Å²) in [7, 11) is 1.93. The Labute approximate surface area is 67.2 Å². The number of nitrogens with two attached hydrogens (primary N) is 1. The molecule has 0 unspecified atom stereocenters. The van der Waals surface area contributed by atoms with E-state index >= 15 is 0 Å². The van der Waals surface area contributed by atoms with Crippen molar-refractivity contribution in [3.05, 3.63) is 18.0 Å². The van der Waals surface area contributed by atoms with E-state index in [-0.39, 0.29) is 6.04 Å². The van der Waals surface area contributed by atoms with Crippen molar-refractivity contribution < 1.29 is 0 Å². The largest absolute Gasteiger partial charge is 0.328 e. The summed E-state index contributed by atoms with van der Waals surface area (Å²) < 4.78 is 1.82. The lowest BCUT2D eigenvalue weighted by atomic mass is 10.1. The highest BCUT2D eigenvalue weighted by atomic mass is 15.2. The van der Waals surface area contributed by atoms with E-state index in [0.29, 0.717) is 0 Å². The Bertz CT molecular complexity index is 215. The third-order valence-corrected chi connectivity index (χ3v) is 1.62. The van der Waals surface area contributed by atoms with Gasteiger partial charge in [0.25, 0.3) is 0 Å². The van der Waals surface area contributed by atoms with Crippen molar-refractivity contribution in [1.29, 1.82) is 0 Å². The molecule has 0 spiro atoms. The van der Waals surface area contributed by atoms with Crippen LogP contribution in [0.25, 0.3) is 0 Å². The molecular formula is C8H15N3. The summed E-state index contributed by atoms with van der Waals surface area (Å²) in [6, 6.07) is 2.31. The van der Waals surface area contributed by atoms with Gasteiger partial charge in [-0.2, -0.15) is 5.10 Å². The van der Waals surface area contributed by atoms with Crippen molar-refractivity contribution >= 4 is 0 Å². The van der Waals surface area contributed by atoms with E-state index in [4.69, 9.17) is 5.73 Å². The lowest BCUT2D eigenvalue weighted by Gasteiger charge is -2.00. The zero-order valence-corrected chi connectivity index (χ0v) is 7.12. The molecule has 62 valence electrons. The molecule has 3 nitrogen and oxygen atoms in total. The van der Waals surface area contributed by atoms with Crippen molar-refractivity contribution in [2.24, 2.45) is 12.8 Å². The second-order valence-corrected chi connectivity index (χ2v) is 3.00. The summed E-state index contributed by atoms with van der Waals surface area (Å²) >= 11 is 0. The van der Waals surface area contributed by atoms with Crippen LogP contribution in [0.15, 0.2) is 12.3 Å². The minimum Gasteiger partial charge on any atom is -0.328 e. The molecule has 0 fully saturated rings. The van der Waals surface area contributed by atoms with Crippen molar-refractivity contribution in [2.75, 3.05) is 0 Å². The first kappa shape index (κ1) is 8.27. The summed E-state index contributed by atoms with van der Waals surface area (Å²) in [4.78, 5) is 0. The number of hydrogen-bond donors (Lipinski definition) is 1. The van der Waals surface area contributed by atoms with E-state index in [0.717, 1.165) is 18.5 Å². The summed E-state index contributed by atoms with van der Waals surface area (Å²) in [5.74, 6) is 0. The monoisotopic (exact) mass is 153 g/mol. The van der Waals surface area contributed by atoms with E-state index in [9.17, 15) is 0 Å². The van der Waals surface area contributed by atoms with Gasteiger partial charge < -0.3 is 5.73 Å². The molecule has 0 amide bonds. The van der Waals surface area contributed by atoms with E-state index in [1.165, 1.54) is 0 Å². The smallest absolute Gasteiger partial charge is 0.0625 e. The first-order valence-electron chi connectivity index (χ1n) is 3.92. The fraction of sp³-hybridized carbons (Fsp3) is 0.625. The van der Waals surface area contributed by atoms with Gasteiger partial charge in [-0.1, -0.05) is 0 Å². The van der Waals surface area contributed by atoms with Crippen LogP contribution in [0.2, 0.25) is 0 Å². The number of nitrogens with zero attached hydrogens (tertiary/aromatic N) is 2. The Morgan fingerprint density at radius 1 is 1.73 bits per heavy atom. The maximum Gasteiger partial charge on any atom is 0.0625 e.